The number of ether oxygens (including phenoxy) is 1. The first-order chi connectivity index (χ1) is 14.1. The quantitative estimate of drug-likeness (QED) is 0.357. The molecule has 3 heterocycles. The van der Waals surface area contributed by atoms with Gasteiger partial charge in [-0.25, -0.2) is 15.0 Å². The molecule has 11 nitrogen and oxygen atoms in total. The molecule has 1 saturated heterocycles. The van der Waals surface area contributed by atoms with E-state index in [1.54, 1.807) is 0 Å². The third-order valence-corrected chi connectivity index (χ3v) is 4.86. The molecule has 1 unspecified atom stereocenters. The highest BCUT2D eigenvalue weighted by Crippen LogP contribution is 2.33. The number of aliphatic carboxylic acids is 1. The Balaban J connectivity index is 1.66. The summed E-state index contributed by atoms with van der Waals surface area (Å²) in [6.45, 7) is 0. The first kappa shape index (κ1) is 14.1. The molecule has 6 atom stereocenters. The molecule has 0 radical (unpaired) electrons. The summed E-state index contributed by atoms with van der Waals surface area (Å²) in [5, 5.41) is 29.8. The van der Waals surface area contributed by atoms with Crippen molar-refractivity contribution < 1.29 is 30.4 Å². The maximum atomic E-state index is 11.2. The second kappa shape index (κ2) is 7.72. The number of nitrogens with two attached hydrogens (primary N) is 2. The molecular formula is C14H20N6O5S. The van der Waals surface area contributed by atoms with E-state index in [0.717, 1.165) is 11.8 Å². The number of aromatic nitrogens is 4. The Morgan fingerprint density at radius 3 is 3.04 bits per heavy atom. The van der Waals surface area contributed by atoms with Crippen LogP contribution in [0.1, 0.15) is 15.4 Å². The van der Waals surface area contributed by atoms with Crippen LogP contribution in [0.2, 0.25) is 2.82 Å². The van der Waals surface area contributed by atoms with Gasteiger partial charge in [-0.15, -0.1) is 0 Å². The van der Waals surface area contributed by atoms with Gasteiger partial charge in [-0.1, -0.05) is 0 Å². The number of aliphatic hydroxyl groups excluding tert-OH is 2. The van der Waals surface area contributed by atoms with E-state index in [2.05, 4.69) is 15.0 Å². The fraction of sp³-hybridized carbons (Fsp3) is 0.571. The van der Waals surface area contributed by atoms with Gasteiger partial charge < -0.3 is 31.5 Å². The second-order valence-electron chi connectivity index (χ2n) is 5.56. The van der Waals surface area contributed by atoms with Gasteiger partial charge >= 0.3 is 5.97 Å². The summed E-state index contributed by atoms with van der Waals surface area (Å²) in [5.74, 6) is -1.78. The van der Waals surface area contributed by atoms with Crippen LogP contribution < -0.4 is 11.5 Å². The van der Waals surface area contributed by atoms with Crippen molar-refractivity contribution in [1.29, 1.82) is 0 Å². The average molecular weight is 388 g/mol. The molecule has 3 rings (SSSR count). The van der Waals surface area contributed by atoms with Gasteiger partial charge in [0.1, 0.15) is 32.9 Å². The van der Waals surface area contributed by atoms with Crippen molar-refractivity contribution in [1.82, 2.24) is 19.5 Å². The fourth-order valence-electron chi connectivity index (χ4n) is 2.56. The molecule has 0 saturated carbocycles. The molecule has 0 aliphatic carbocycles. The fourth-order valence-corrected chi connectivity index (χ4v) is 3.48. The van der Waals surface area contributed by atoms with Crippen LogP contribution in [-0.2, 0) is 9.53 Å². The number of hydrogen-bond donors (Lipinski definition) is 5. The number of carboxylic acids is 1. The molecule has 0 spiro atoms. The van der Waals surface area contributed by atoms with Gasteiger partial charge in [0.05, 0.1) is 13.8 Å². The molecule has 2 aromatic rings. The lowest BCUT2D eigenvalue weighted by Crippen LogP contribution is -2.33. The normalized spacial score (nSPS) is 31.8. The molecule has 0 aromatic carbocycles. The minimum absolute atomic E-state index is 0.0690. The summed E-state index contributed by atoms with van der Waals surface area (Å²) in [7, 11) is 0. The number of nitrogen functional groups attached to an aromatic ring is 1. The zero-order chi connectivity index (χ0) is 22.2. The highest BCUT2D eigenvalue weighted by Gasteiger charge is 2.44. The minimum atomic E-state index is -2.76. The Morgan fingerprint density at radius 2 is 2.31 bits per heavy atom. The third-order valence-electron chi connectivity index (χ3n) is 3.89. The Hall–Kier alpha value is -1.99. The lowest BCUT2D eigenvalue weighted by molar-refractivity contribution is -0.138. The van der Waals surface area contributed by atoms with Gasteiger partial charge in [-0.2, -0.15) is 11.8 Å². The summed E-state index contributed by atoms with van der Waals surface area (Å²) in [5.41, 5.74) is 6.04. The van der Waals surface area contributed by atoms with Crippen LogP contribution in [0.5, 0.6) is 0 Å². The van der Waals surface area contributed by atoms with Crippen LogP contribution in [-0.4, -0.2) is 76.6 Å². The van der Waals surface area contributed by atoms with Crippen molar-refractivity contribution in [3.8, 4) is 0 Å². The highest BCUT2D eigenvalue weighted by atomic mass is 32.2. The zero-order valence-electron chi connectivity index (χ0n) is 17.3. The average Bonchev–Trinajstić information content (AvgIpc) is 3.24. The lowest BCUT2D eigenvalue weighted by Gasteiger charge is -2.16. The van der Waals surface area contributed by atoms with Gasteiger partial charge in [0.15, 0.2) is 17.7 Å². The smallest absolute Gasteiger partial charge is 0.320 e. The highest BCUT2D eigenvalue weighted by molar-refractivity contribution is 7.99. The van der Waals surface area contributed by atoms with E-state index in [4.69, 9.17) is 21.1 Å². The van der Waals surface area contributed by atoms with Gasteiger partial charge in [0.2, 0.25) is 0 Å². The lowest BCUT2D eigenvalue weighted by atomic mass is 10.1. The van der Waals surface area contributed by atoms with E-state index in [0.29, 0.717) is 11.2 Å². The Morgan fingerprint density at radius 1 is 1.50 bits per heavy atom. The number of hydrogen-bond acceptors (Lipinski definition) is 10. The summed E-state index contributed by atoms with van der Waals surface area (Å²) in [6.07, 6.45) is -3.52. The van der Waals surface area contributed by atoms with Crippen molar-refractivity contribution in [3.63, 3.8) is 0 Å². The minimum Gasteiger partial charge on any atom is -0.480 e. The van der Waals surface area contributed by atoms with Crippen molar-refractivity contribution in [3.05, 3.63) is 12.7 Å². The van der Waals surface area contributed by atoms with Crippen LogP contribution in [0, 0.1) is 0 Å². The summed E-state index contributed by atoms with van der Waals surface area (Å²) in [6, 6.07) is -2.76. The summed E-state index contributed by atoms with van der Waals surface area (Å²) < 4.78 is 36.9. The van der Waals surface area contributed by atoms with E-state index in [1.807, 2.05) is 0 Å². The van der Waals surface area contributed by atoms with Crippen molar-refractivity contribution >= 4 is 34.7 Å². The van der Waals surface area contributed by atoms with E-state index >= 15 is 0 Å². The number of carboxylic acid groups (broad SMARTS) is 1. The Labute approximate surface area is 158 Å². The Bertz CT molecular complexity index is 924. The zero-order valence-corrected chi connectivity index (χ0v) is 14.2. The topological polar surface area (TPSA) is 183 Å². The molecule has 142 valence electrons. The second-order valence-corrected chi connectivity index (χ2v) is 6.64. The van der Waals surface area contributed by atoms with Gasteiger partial charge in [-0.05, 0) is 12.1 Å². The molecular weight excluding hydrogens is 364 g/mol. The predicted octanol–water partition coefficient (Wildman–Crippen LogP) is -1.44. The van der Waals surface area contributed by atoms with Crippen LogP contribution >= 0.6 is 11.8 Å². The number of imidazole rings is 1. The van der Waals surface area contributed by atoms with Crippen LogP contribution in [0.25, 0.3) is 11.2 Å². The van der Waals surface area contributed by atoms with Crippen LogP contribution in [0.15, 0.2) is 12.7 Å². The number of anilines is 1. The molecule has 1 aliphatic heterocycles. The molecule has 2 aromatic heterocycles. The molecule has 26 heavy (non-hydrogen) atoms. The van der Waals surface area contributed by atoms with Crippen molar-refractivity contribution in [2.75, 3.05) is 17.2 Å². The number of nitrogens with zero attached hydrogens (tertiary/aromatic N) is 4. The number of carbonyl (C=O) groups is 1. The van der Waals surface area contributed by atoms with Crippen molar-refractivity contribution in [2.45, 2.75) is 37.0 Å². The largest absolute Gasteiger partial charge is 0.480 e. The van der Waals surface area contributed by atoms with E-state index in [-0.39, 0.29) is 23.0 Å². The first-order valence-corrected chi connectivity index (χ1v) is 8.70. The number of rotatable bonds is 8. The van der Waals surface area contributed by atoms with Gasteiger partial charge in [-0.3, -0.25) is 9.36 Å². The number of thioether (sulfide) groups is 1. The summed E-state index contributed by atoms with van der Waals surface area (Å²) in [4.78, 5) is 23.2. The maximum absolute atomic E-state index is 11.2. The SMILES string of the molecule is [2H]C(CSC[C@H]1O[C@@H](n2cnc3c(N)ncnc32)[C@H](O)[C@@H]1O)[C@@]([2H])(C(=O)O)N([2H])[2H]. The van der Waals surface area contributed by atoms with E-state index in [1.165, 1.54) is 17.2 Å². The van der Waals surface area contributed by atoms with Gasteiger partial charge in [0.25, 0.3) is 0 Å². The van der Waals surface area contributed by atoms with Crippen LogP contribution in [0.4, 0.5) is 5.82 Å². The predicted molar refractivity (Wildman–Crippen MR) is 93.2 cm³/mol. The molecule has 7 N–H and O–H groups in total. The molecule has 1 fully saturated rings. The number of fused-ring (bicyclic) bond motifs is 1. The Kier molecular flexibility index (Phi) is 4.19. The van der Waals surface area contributed by atoms with E-state index < -0.39 is 42.9 Å². The maximum Gasteiger partial charge on any atom is 0.320 e. The van der Waals surface area contributed by atoms with Gasteiger partial charge in [0, 0.05) is 7.12 Å². The molecule has 1 aliphatic rings. The third kappa shape index (κ3) is 3.59. The number of aliphatic hydroxyl groups is 2. The van der Waals surface area contributed by atoms with E-state index in [9.17, 15) is 15.0 Å². The molecule has 12 heteroatoms. The first-order valence-electron chi connectivity index (χ1n) is 9.52. The monoisotopic (exact) mass is 388 g/mol. The summed E-state index contributed by atoms with van der Waals surface area (Å²) >= 11 is 1.00. The molecule has 0 amide bonds. The molecule has 0 bridgehead atoms. The standard InChI is InChI=1S/C14H20N6O5S/c15-6(14(23)24)1-2-26-3-7-9(21)10(22)13(25-7)20-5-19-8-11(16)17-4-18-12(8)20/h4-7,9-10,13,21-22H,1-3,15H2,(H,23,24)(H2,16,17,18)/t6-,7+,9+,10+,13+/m0/s1/i1D,6D/hD2/t1?,6-,7+,9+,10+,13+. The van der Waals surface area contributed by atoms with Crippen molar-refractivity contribution in [2.24, 2.45) is 5.72 Å². The van der Waals surface area contributed by atoms with Crippen LogP contribution in [0.3, 0.4) is 0 Å².